The minimum absolute atomic E-state index is 0.0334. The molecule has 1 aliphatic heterocycles. The van der Waals surface area contributed by atoms with Crippen molar-refractivity contribution >= 4 is 35.2 Å². The SMILES string of the molecule is COc1ccc(-c2ccc(C=C3Sc4ccccc4C3=O)o2)cc1Cl. The number of Topliss-reactive ketones (excluding diaryl/α,β-unsaturated/α-hetero) is 1. The second-order valence-corrected chi connectivity index (χ2v) is 6.98. The lowest BCUT2D eigenvalue weighted by molar-refractivity contribution is 0.104. The fraction of sp³-hybridized carbons (Fsp3) is 0.0500. The number of halogens is 1. The van der Waals surface area contributed by atoms with Crippen LogP contribution < -0.4 is 4.74 Å². The Balaban J connectivity index is 1.62. The smallest absolute Gasteiger partial charge is 0.200 e. The van der Waals surface area contributed by atoms with Crippen molar-refractivity contribution in [2.75, 3.05) is 7.11 Å². The molecule has 0 aliphatic carbocycles. The van der Waals surface area contributed by atoms with E-state index in [2.05, 4.69) is 0 Å². The molecule has 1 aliphatic rings. The summed E-state index contributed by atoms with van der Waals surface area (Å²) in [6.07, 6.45) is 1.78. The molecule has 0 radical (unpaired) electrons. The number of allylic oxidation sites excluding steroid dienone is 1. The zero-order valence-electron chi connectivity index (χ0n) is 13.3. The molecule has 0 amide bonds. The highest BCUT2D eigenvalue weighted by atomic mass is 35.5. The van der Waals surface area contributed by atoms with Crippen LogP contribution in [0.5, 0.6) is 5.75 Å². The molecule has 0 bridgehead atoms. The van der Waals surface area contributed by atoms with Crippen LogP contribution in [0.25, 0.3) is 17.4 Å². The summed E-state index contributed by atoms with van der Waals surface area (Å²) in [5.41, 5.74) is 1.59. The average molecular weight is 369 g/mol. The summed E-state index contributed by atoms with van der Waals surface area (Å²) in [6, 6.07) is 16.8. The molecule has 0 unspecified atom stereocenters. The van der Waals surface area contributed by atoms with Crippen LogP contribution >= 0.6 is 23.4 Å². The molecule has 5 heteroatoms. The van der Waals surface area contributed by atoms with Crippen LogP contribution in [0.4, 0.5) is 0 Å². The molecule has 4 rings (SSSR count). The third-order valence-corrected chi connectivity index (χ3v) is 5.31. The van der Waals surface area contributed by atoms with Crippen molar-refractivity contribution < 1.29 is 13.9 Å². The van der Waals surface area contributed by atoms with E-state index < -0.39 is 0 Å². The van der Waals surface area contributed by atoms with Gasteiger partial charge in [-0.1, -0.05) is 35.5 Å². The normalized spacial score (nSPS) is 14.8. The van der Waals surface area contributed by atoms with E-state index in [9.17, 15) is 4.79 Å². The maximum atomic E-state index is 12.4. The Morgan fingerprint density at radius 2 is 1.96 bits per heavy atom. The van der Waals surface area contributed by atoms with E-state index in [4.69, 9.17) is 20.8 Å². The van der Waals surface area contributed by atoms with E-state index in [-0.39, 0.29) is 5.78 Å². The highest BCUT2D eigenvalue weighted by Gasteiger charge is 2.25. The number of fused-ring (bicyclic) bond motifs is 1. The summed E-state index contributed by atoms with van der Waals surface area (Å²) in [5, 5.41) is 0.522. The van der Waals surface area contributed by atoms with E-state index in [0.29, 0.717) is 27.2 Å². The van der Waals surface area contributed by atoms with Gasteiger partial charge in [-0.25, -0.2) is 0 Å². The lowest BCUT2D eigenvalue weighted by Gasteiger charge is -2.04. The third kappa shape index (κ3) is 2.99. The number of carbonyl (C=O) groups excluding carboxylic acids is 1. The van der Waals surface area contributed by atoms with Gasteiger partial charge < -0.3 is 9.15 Å². The maximum Gasteiger partial charge on any atom is 0.200 e. The first-order valence-electron chi connectivity index (χ1n) is 7.63. The van der Waals surface area contributed by atoms with Crippen LogP contribution in [0, 0.1) is 0 Å². The average Bonchev–Trinajstić information content (AvgIpc) is 3.21. The molecule has 0 N–H and O–H groups in total. The predicted octanol–water partition coefficient (Wildman–Crippen LogP) is 5.94. The van der Waals surface area contributed by atoms with Gasteiger partial charge in [-0.05, 0) is 48.5 Å². The topological polar surface area (TPSA) is 39.4 Å². The number of carbonyl (C=O) groups is 1. The van der Waals surface area contributed by atoms with E-state index in [1.165, 1.54) is 11.8 Å². The summed E-state index contributed by atoms with van der Waals surface area (Å²) in [4.78, 5) is 14.1. The summed E-state index contributed by atoms with van der Waals surface area (Å²) in [7, 11) is 1.58. The molecule has 0 atom stereocenters. The van der Waals surface area contributed by atoms with Crippen LogP contribution in [0.1, 0.15) is 16.1 Å². The Bertz CT molecular complexity index is 1000. The Morgan fingerprint density at radius 3 is 2.72 bits per heavy atom. The van der Waals surface area contributed by atoms with Crippen molar-refractivity contribution in [3.8, 4) is 17.1 Å². The van der Waals surface area contributed by atoms with Gasteiger partial charge in [-0.15, -0.1) is 0 Å². The molecule has 0 saturated heterocycles. The monoisotopic (exact) mass is 368 g/mol. The number of thioether (sulfide) groups is 1. The van der Waals surface area contributed by atoms with Gasteiger partial charge in [0.15, 0.2) is 0 Å². The van der Waals surface area contributed by atoms with E-state index in [1.54, 1.807) is 25.3 Å². The number of benzene rings is 2. The van der Waals surface area contributed by atoms with Gasteiger partial charge in [0.1, 0.15) is 17.3 Å². The van der Waals surface area contributed by atoms with E-state index >= 15 is 0 Å². The third-order valence-electron chi connectivity index (χ3n) is 3.91. The largest absolute Gasteiger partial charge is 0.495 e. The van der Waals surface area contributed by atoms with Gasteiger partial charge >= 0.3 is 0 Å². The quantitative estimate of drug-likeness (QED) is 0.536. The van der Waals surface area contributed by atoms with Crippen molar-refractivity contribution in [3.63, 3.8) is 0 Å². The summed E-state index contributed by atoms with van der Waals surface area (Å²) >= 11 is 7.63. The lowest BCUT2D eigenvalue weighted by Crippen LogP contribution is -1.93. The number of rotatable bonds is 3. The minimum atomic E-state index is 0.0334. The van der Waals surface area contributed by atoms with Gasteiger partial charge in [0.25, 0.3) is 0 Å². The van der Waals surface area contributed by atoms with Gasteiger partial charge in [-0.2, -0.15) is 0 Å². The first kappa shape index (κ1) is 16.1. The molecule has 124 valence electrons. The second kappa shape index (κ2) is 6.47. The Labute approximate surface area is 154 Å². The molecular formula is C20H13ClO3S. The Kier molecular flexibility index (Phi) is 4.15. The van der Waals surface area contributed by atoms with Gasteiger partial charge in [0.05, 0.1) is 17.0 Å². The maximum absolute atomic E-state index is 12.4. The first-order chi connectivity index (χ1) is 12.2. The summed E-state index contributed by atoms with van der Waals surface area (Å²) in [5.74, 6) is 1.96. The molecule has 1 aromatic heterocycles. The first-order valence-corrected chi connectivity index (χ1v) is 8.82. The fourth-order valence-corrected chi connectivity index (χ4v) is 3.96. The van der Waals surface area contributed by atoms with Gasteiger partial charge in [0.2, 0.25) is 5.78 Å². The van der Waals surface area contributed by atoms with Gasteiger partial charge in [-0.3, -0.25) is 4.79 Å². The molecule has 25 heavy (non-hydrogen) atoms. The molecule has 0 saturated carbocycles. The van der Waals surface area contributed by atoms with Crippen molar-refractivity contribution in [1.29, 1.82) is 0 Å². The molecular weight excluding hydrogens is 356 g/mol. The van der Waals surface area contributed by atoms with Crippen LogP contribution in [0.15, 0.2) is 68.8 Å². The van der Waals surface area contributed by atoms with Gasteiger partial charge in [0, 0.05) is 16.0 Å². The van der Waals surface area contributed by atoms with Crippen LogP contribution in [0.3, 0.4) is 0 Å². The van der Waals surface area contributed by atoms with Crippen molar-refractivity contribution in [1.82, 2.24) is 0 Å². The van der Waals surface area contributed by atoms with E-state index in [1.807, 2.05) is 42.5 Å². The Morgan fingerprint density at radius 1 is 1.12 bits per heavy atom. The molecule has 3 nitrogen and oxygen atoms in total. The number of hydrogen-bond acceptors (Lipinski definition) is 4. The molecule has 3 aromatic rings. The van der Waals surface area contributed by atoms with Crippen LogP contribution in [-0.2, 0) is 0 Å². The fourth-order valence-electron chi connectivity index (χ4n) is 2.67. The lowest BCUT2D eigenvalue weighted by atomic mass is 10.1. The predicted molar refractivity (Wildman–Crippen MR) is 100 cm³/mol. The number of ketones is 1. The highest BCUT2D eigenvalue weighted by molar-refractivity contribution is 8.04. The summed E-state index contributed by atoms with van der Waals surface area (Å²) in [6.45, 7) is 0. The molecule has 0 fully saturated rings. The van der Waals surface area contributed by atoms with Crippen molar-refractivity contribution in [2.45, 2.75) is 4.90 Å². The number of furan rings is 1. The number of ether oxygens (including phenoxy) is 1. The molecule has 0 spiro atoms. The van der Waals surface area contributed by atoms with Crippen LogP contribution in [-0.4, -0.2) is 12.9 Å². The van der Waals surface area contributed by atoms with Crippen LogP contribution in [0.2, 0.25) is 5.02 Å². The van der Waals surface area contributed by atoms with Crippen molar-refractivity contribution in [3.05, 3.63) is 75.8 Å². The minimum Gasteiger partial charge on any atom is -0.495 e. The highest BCUT2D eigenvalue weighted by Crippen LogP contribution is 2.41. The zero-order chi connectivity index (χ0) is 17.4. The zero-order valence-corrected chi connectivity index (χ0v) is 14.9. The Hall–Kier alpha value is -2.43. The van der Waals surface area contributed by atoms with Crippen molar-refractivity contribution in [2.24, 2.45) is 0 Å². The molecule has 2 aromatic carbocycles. The standard InChI is InChI=1S/C20H13ClO3S/c1-23-17-8-6-12(10-15(17)21)16-9-7-13(24-16)11-19-20(22)14-4-2-3-5-18(14)25-19/h2-11H,1H3. The molecule has 2 heterocycles. The summed E-state index contributed by atoms with van der Waals surface area (Å²) < 4.78 is 11.0. The van der Waals surface area contributed by atoms with E-state index in [0.717, 1.165) is 16.0 Å². The second-order valence-electron chi connectivity index (χ2n) is 5.49. The number of methoxy groups -OCH3 is 1. The number of hydrogen-bond donors (Lipinski definition) is 0.